The molecule has 0 fully saturated rings. The molecule has 0 saturated carbocycles. The number of hydrogen-bond acceptors (Lipinski definition) is 0. The van der Waals surface area contributed by atoms with Crippen LogP contribution in [0.1, 0.15) is 0 Å². The summed E-state index contributed by atoms with van der Waals surface area (Å²) in [6, 6.07) is 57.4. The molecule has 1 aromatic heterocycles. The predicted molar refractivity (Wildman–Crippen MR) is 204 cm³/mol. The largest absolute Gasteiger partial charge is 0.311 e. The lowest BCUT2D eigenvalue weighted by atomic mass is 9.31. The summed E-state index contributed by atoms with van der Waals surface area (Å²) in [5, 5.41) is 13.5. The third-order valence-corrected chi connectivity index (χ3v) is 11.5. The summed E-state index contributed by atoms with van der Waals surface area (Å²) in [7, 11) is 0. The highest BCUT2D eigenvalue weighted by molar-refractivity contribution is 7.03. The standard InChI is InChI=1S/C44H25B2N/c1-3-14-28-26(10-1)12-7-18-34(28)45-36-20-9-21-37-42(36)47-43-38(45)24-22-32-30-16-5-6-17-31(30)33-23-25-39(44(47)41(33)40(32)43)46(37)35-19-8-13-27-11-2-4-15-29(27)35/h1-25H. The second-order valence-corrected chi connectivity index (χ2v) is 13.5. The Balaban J connectivity index is 1.34. The summed E-state index contributed by atoms with van der Waals surface area (Å²) >= 11 is 0. The molecule has 0 aliphatic carbocycles. The van der Waals surface area contributed by atoms with Gasteiger partial charge in [0.05, 0.1) is 0 Å². The Morgan fingerprint density at radius 3 is 1.21 bits per heavy atom. The molecule has 0 spiro atoms. The van der Waals surface area contributed by atoms with Crippen LogP contribution in [0.3, 0.4) is 0 Å². The topological polar surface area (TPSA) is 4.93 Å². The van der Waals surface area contributed by atoms with Gasteiger partial charge in [0.25, 0.3) is 0 Å². The average Bonchev–Trinajstić information content (AvgIpc) is 3.50. The van der Waals surface area contributed by atoms with Crippen LogP contribution in [0.5, 0.6) is 0 Å². The van der Waals surface area contributed by atoms with Gasteiger partial charge in [-0.15, -0.1) is 0 Å². The van der Waals surface area contributed by atoms with Crippen LogP contribution in [0.4, 0.5) is 0 Å². The fourth-order valence-corrected chi connectivity index (χ4v) is 9.72. The SMILES string of the molecule is c1cc2c3c(c1)B(c1cccc4ccccc14)c1ccc4c5ccccc5c5ccc(c6c5c4c1n6-3)B2c1cccc2ccccc12. The monoisotopic (exact) mass is 589 g/mol. The van der Waals surface area contributed by atoms with Crippen molar-refractivity contribution >= 4 is 111 Å². The lowest BCUT2D eigenvalue weighted by molar-refractivity contribution is 1.20. The Morgan fingerprint density at radius 2 is 0.702 bits per heavy atom. The summed E-state index contributed by atoms with van der Waals surface area (Å²) in [5.74, 6) is 0. The number of para-hydroxylation sites is 1. The molecule has 2 aliphatic rings. The highest BCUT2D eigenvalue weighted by Crippen LogP contribution is 2.44. The first kappa shape index (κ1) is 24.4. The molecule has 0 atom stereocenters. The van der Waals surface area contributed by atoms with Crippen molar-refractivity contribution < 1.29 is 0 Å². The van der Waals surface area contributed by atoms with Crippen LogP contribution in [0.15, 0.2) is 152 Å². The normalized spacial score (nSPS) is 13.4. The molecular formula is C44H25B2N. The molecule has 0 saturated heterocycles. The van der Waals surface area contributed by atoms with Gasteiger partial charge >= 0.3 is 0 Å². The van der Waals surface area contributed by atoms with Gasteiger partial charge < -0.3 is 4.57 Å². The van der Waals surface area contributed by atoms with Crippen molar-refractivity contribution in [2.24, 2.45) is 0 Å². The van der Waals surface area contributed by atoms with E-state index in [0.717, 1.165) is 0 Å². The first-order valence-electron chi connectivity index (χ1n) is 16.7. The van der Waals surface area contributed by atoms with E-state index in [4.69, 9.17) is 0 Å². The van der Waals surface area contributed by atoms with Crippen LogP contribution in [-0.2, 0) is 0 Å². The minimum atomic E-state index is 0.122. The van der Waals surface area contributed by atoms with Crippen LogP contribution >= 0.6 is 0 Å². The number of aromatic nitrogens is 1. The van der Waals surface area contributed by atoms with Crippen molar-refractivity contribution in [2.75, 3.05) is 0 Å². The maximum atomic E-state index is 2.68. The van der Waals surface area contributed by atoms with Crippen LogP contribution in [0, 0.1) is 0 Å². The van der Waals surface area contributed by atoms with E-state index < -0.39 is 0 Å². The molecule has 0 unspecified atom stereocenters. The van der Waals surface area contributed by atoms with Gasteiger partial charge in [0.1, 0.15) is 0 Å². The van der Waals surface area contributed by atoms with Gasteiger partial charge in [-0.25, -0.2) is 0 Å². The first-order valence-corrected chi connectivity index (χ1v) is 16.7. The molecule has 0 N–H and O–H groups in total. The van der Waals surface area contributed by atoms with E-state index in [0.29, 0.717) is 0 Å². The van der Waals surface area contributed by atoms with Crippen molar-refractivity contribution in [3.63, 3.8) is 0 Å². The molecule has 1 nitrogen and oxygen atoms in total. The summed E-state index contributed by atoms with van der Waals surface area (Å²) in [6.45, 7) is 0.245. The van der Waals surface area contributed by atoms with Crippen LogP contribution in [0.2, 0.25) is 0 Å². The second-order valence-electron chi connectivity index (χ2n) is 13.5. The summed E-state index contributed by atoms with van der Waals surface area (Å²) in [5.41, 5.74) is 12.5. The van der Waals surface area contributed by atoms with Crippen LogP contribution in [-0.4, -0.2) is 18.0 Å². The van der Waals surface area contributed by atoms with Gasteiger partial charge in [0.15, 0.2) is 0 Å². The quantitative estimate of drug-likeness (QED) is 0.161. The number of benzene rings is 9. The zero-order valence-corrected chi connectivity index (χ0v) is 25.5. The smallest absolute Gasteiger partial charge is 0.247 e. The Hall–Kier alpha value is -5.79. The molecule has 12 rings (SSSR count). The van der Waals surface area contributed by atoms with Gasteiger partial charge in [-0.05, 0) is 64.9 Å². The van der Waals surface area contributed by atoms with Gasteiger partial charge in [0.2, 0.25) is 13.4 Å². The van der Waals surface area contributed by atoms with E-state index in [1.807, 2.05) is 0 Å². The number of rotatable bonds is 2. The van der Waals surface area contributed by atoms with Crippen molar-refractivity contribution in [2.45, 2.75) is 0 Å². The maximum Gasteiger partial charge on any atom is 0.247 e. The van der Waals surface area contributed by atoms with Crippen molar-refractivity contribution in [3.8, 4) is 5.69 Å². The van der Waals surface area contributed by atoms with E-state index in [-0.39, 0.29) is 13.4 Å². The molecule has 0 bridgehead atoms. The van der Waals surface area contributed by atoms with E-state index in [9.17, 15) is 0 Å². The summed E-state index contributed by atoms with van der Waals surface area (Å²) < 4.78 is 2.68. The van der Waals surface area contributed by atoms with E-state index in [1.165, 1.54) is 103 Å². The fraction of sp³-hybridized carbons (Fsp3) is 0. The van der Waals surface area contributed by atoms with E-state index in [1.54, 1.807) is 0 Å². The molecule has 10 aromatic rings. The van der Waals surface area contributed by atoms with Gasteiger partial charge in [-0.2, -0.15) is 0 Å². The summed E-state index contributed by atoms with van der Waals surface area (Å²) in [6.07, 6.45) is 0. The van der Waals surface area contributed by atoms with Crippen molar-refractivity contribution in [1.29, 1.82) is 0 Å². The van der Waals surface area contributed by atoms with Crippen molar-refractivity contribution in [1.82, 2.24) is 4.57 Å². The third kappa shape index (κ3) is 2.86. The van der Waals surface area contributed by atoms with E-state index in [2.05, 4.69) is 156 Å². The Kier molecular flexibility index (Phi) is 4.43. The molecular weight excluding hydrogens is 564 g/mol. The number of fused-ring (bicyclic) bond motifs is 5. The molecule has 3 heterocycles. The predicted octanol–water partition coefficient (Wildman–Crippen LogP) is 6.49. The van der Waals surface area contributed by atoms with E-state index >= 15 is 0 Å². The molecule has 0 radical (unpaired) electrons. The van der Waals surface area contributed by atoms with Gasteiger partial charge in [-0.3, -0.25) is 0 Å². The van der Waals surface area contributed by atoms with Gasteiger partial charge in [0, 0.05) is 27.5 Å². The fourth-order valence-electron chi connectivity index (χ4n) is 9.72. The second kappa shape index (κ2) is 8.51. The van der Waals surface area contributed by atoms with Gasteiger partial charge in [-0.1, -0.05) is 163 Å². The van der Waals surface area contributed by atoms with Crippen LogP contribution < -0.4 is 32.8 Å². The number of hydrogen-bond donors (Lipinski definition) is 0. The summed E-state index contributed by atoms with van der Waals surface area (Å²) in [4.78, 5) is 0. The Labute approximate surface area is 272 Å². The lowest BCUT2D eigenvalue weighted by Crippen LogP contribution is -2.63. The molecule has 2 aliphatic heterocycles. The highest BCUT2D eigenvalue weighted by Gasteiger charge is 2.42. The minimum absolute atomic E-state index is 0.122. The minimum Gasteiger partial charge on any atom is -0.311 e. The highest BCUT2D eigenvalue weighted by atomic mass is 15.0. The lowest BCUT2D eigenvalue weighted by Gasteiger charge is -2.34. The van der Waals surface area contributed by atoms with Crippen LogP contribution in [0.25, 0.3) is 70.6 Å². The molecule has 3 heteroatoms. The van der Waals surface area contributed by atoms with Crippen molar-refractivity contribution in [3.05, 3.63) is 152 Å². The number of nitrogens with zero attached hydrogens (tertiary/aromatic N) is 1. The molecule has 212 valence electrons. The average molecular weight is 589 g/mol. The Morgan fingerprint density at radius 1 is 0.298 bits per heavy atom. The zero-order valence-electron chi connectivity index (χ0n) is 25.5. The first-order chi connectivity index (χ1) is 23.4. The molecule has 47 heavy (non-hydrogen) atoms. The molecule has 9 aromatic carbocycles. The third-order valence-electron chi connectivity index (χ3n) is 11.5. The zero-order chi connectivity index (χ0) is 30.4. The maximum absolute atomic E-state index is 2.68. The molecule has 0 amide bonds. The Bertz CT molecular complexity index is 2780.